The predicted octanol–water partition coefficient (Wildman–Crippen LogP) is -3.34. The van der Waals surface area contributed by atoms with Crippen LogP contribution in [-0.2, 0) is 4.74 Å². The molecule has 1 amide bonds. The molecular weight excluding hydrogens is 274 g/mol. The van der Waals surface area contributed by atoms with Crippen molar-refractivity contribution in [1.82, 2.24) is 9.55 Å². The van der Waals surface area contributed by atoms with Gasteiger partial charge in [-0.15, -0.1) is 0 Å². The van der Waals surface area contributed by atoms with Crippen molar-refractivity contribution >= 4 is 5.91 Å². The molecule has 5 atom stereocenters. The van der Waals surface area contributed by atoms with Crippen LogP contribution < -0.4 is 5.73 Å². The molecular formula is C10H15N3O7. The van der Waals surface area contributed by atoms with Gasteiger partial charge in [-0.25, -0.2) is 4.98 Å². The summed E-state index contributed by atoms with van der Waals surface area (Å²) in [6.45, 7) is -0.617. The number of nitrogens with zero attached hydrogens (tertiary/aromatic N) is 2. The number of aromatic hydroxyl groups is 1. The molecule has 10 nitrogen and oxygen atoms in total. The van der Waals surface area contributed by atoms with Gasteiger partial charge in [-0.2, -0.15) is 0 Å². The van der Waals surface area contributed by atoms with Gasteiger partial charge in [0.2, 0.25) is 5.88 Å². The summed E-state index contributed by atoms with van der Waals surface area (Å²) in [5.74, 6) is -1.67. The maximum absolute atomic E-state index is 11.3. The minimum absolute atomic E-state index is 0.422. The van der Waals surface area contributed by atoms with Crippen LogP contribution in [-0.4, -0.2) is 72.0 Å². The van der Waals surface area contributed by atoms with E-state index in [2.05, 4.69) is 4.98 Å². The zero-order chi connectivity index (χ0) is 15.0. The lowest BCUT2D eigenvalue weighted by Crippen LogP contribution is -2.56. The Hall–Kier alpha value is -1.72. The zero-order valence-corrected chi connectivity index (χ0v) is 10.2. The average Bonchev–Trinajstić information content (AvgIpc) is 2.78. The highest BCUT2D eigenvalue weighted by Gasteiger charge is 2.45. The highest BCUT2D eigenvalue weighted by atomic mass is 16.6. The van der Waals surface area contributed by atoms with Gasteiger partial charge in [-0.1, -0.05) is 0 Å². The number of nitrogens with two attached hydrogens (primary N) is 1. The van der Waals surface area contributed by atoms with Crippen LogP contribution in [0.25, 0.3) is 0 Å². The first-order valence-corrected chi connectivity index (χ1v) is 5.74. The van der Waals surface area contributed by atoms with Crippen LogP contribution in [0.1, 0.15) is 16.7 Å². The van der Waals surface area contributed by atoms with Crippen LogP contribution in [0.5, 0.6) is 5.88 Å². The summed E-state index contributed by atoms with van der Waals surface area (Å²) in [4.78, 5) is 14.7. The number of imidazole rings is 1. The summed E-state index contributed by atoms with van der Waals surface area (Å²) < 4.78 is 6.15. The number of aromatic nitrogens is 2. The van der Waals surface area contributed by atoms with Gasteiger partial charge in [0.05, 0.1) is 6.61 Å². The molecule has 1 aromatic heterocycles. The van der Waals surface area contributed by atoms with Gasteiger partial charge in [0.25, 0.3) is 5.91 Å². The number of hydrogen-bond acceptors (Lipinski definition) is 8. The Morgan fingerprint density at radius 1 is 1.35 bits per heavy atom. The van der Waals surface area contributed by atoms with Crippen molar-refractivity contribution in [2.75, 3.05) is 6.61 Å². The van der Waals surface area contributed by atoms with Crippen LogP contribution in [0.2, 0.25) is 0 Å². The van der Waals surface area contributed by atoms with Crippen LogP contribution in [0.15, 0.2) is 6.33 Å². The number of amides is 1. The third-order valence-corrected chi connectivity index (χ3v) is 3.15. The molecule has 112 valence electrons. The van der Waals surface area contributed by atoms with Gasteiger partial charge >= 0.3 is 0 Å². The largest absolute Gasteiger partial charge is 0.492 e. The zero-order valence-electron chi connectivity index (χ0n) is 10.2. The van der Waals surface area contributed by atoms with Gasteiger partial charge < -0.3 is 36.0 Å². The fourth-order valence-electron chi connectivity index (χ4n) is 2.09. The number of ether oxygens (including phenoxy) is 1. The Morgan fingerprint density at radius 2 is 2.00 bits per heavy atom. The maximum atomic E-state index is 11.3. The van der Waals surface area contributed by atoms with Crippen molar-refractivity contribution in [3.8, 4) is 5.88 Å². The number of carbonyl (C=O) groups excluding carboxylic acids is 1. The van der Waals surface area contributed by atoms with E-state index in [1.54, 1.807) is 0 Å². The van der Waals surface area contributed by atoms with Gasteiger partial charge in [0.15, 0.2) is 11.9 Å². The number of aliphatic hydroxyl groups excluding tert-OH is 4. The van der Waals surface area contributed by atoms with Crippen molar-refractivity contribution in [1.29, 1.82) is 0 Å². The second-order valence-corrected chi connectivity index (χ2v) is 4.41. The van der Waals surface area contributed by atoms with Crippen molar-refractivity contribution < 1.29 is 35.1 Å². The second-order valence-electron chi connectivity index (χ2n) is 4.41. The van der Waals surface area contributed by atoms with E-state index in [0.29, 0.717) is 0 Å². The van der Waals surface area contributed by atoms with E-state index < -0.39 is 54.7 Å². The minimum Gasteiger partial charge on any atom is -0.492 e. The molecule has 20 heavy (non-hydrogen) atoms. The number of aliphatic hydroxyl groups is 4. The first-order chi connectivity index (χ1) is 9.38. The van der Waals surface area contributed by atoms with Gasteiger partial charge in [0, 0.05) is 0 Å². The normalized spacial score (nSPS) is 34.1. The van der Waals surface area contributed by atoms with Crippen LogP contribution in [0.3, 0.4) is 0 Å². The molecule has 1 aliphatic heterocycles. The standard InChI is InChI=1S/C10H15N3O7/c11-8(18)4-9(19)12-2-13(4)10-7(17)6(16)5(15)3(1-14)20-10/h2-3,5-7,10,14-17,19H,1H2,(H2,11,18)/t3-,5-,6+,7-,10-/m1/s1. The Morgan fingerprint density at radius 3 is 2.55 bits per heavy atom. The Bertz CT molecular complexity index is 503. The molecule has 0 unspecified atom stereocenters. The van der Waals surface area contributed by atoms with Crippen molar-refractivity contribution in [2.24, 2.45) is 5.73 Å². The Labute approximate surface area is 112 Å². The van der Waals surface area contributed by atoms with E-state index in [1.165, 1.54) is 0 Å². The molecule has 0 spiro atoms. The van der Waals surface area contributed by atoms with Gasteiger partial charge in [-0.05, 0) is 0 Å². The molecule has 7 N–H and O–H groups in total. The number of carbonyl (C=O) groups is 1. The van der Waals surface area contributed by atoms with Crippen molar-refractivity contribution in [3.63, 3.8) is 0 Å². The third kappa shape index (κ3) is 2.23. The second kappa shape index (κ2) is 5.34. The lowest BCUT2D eigenvalue weighted by Gasteiger charge is -2.40. The van der Waals surface area contributed by atoms with E-state index in [9.17, 15) is 25.2 Å². The molecule has 1 aliphatic rings. The van der Waals surface area contributed by atoms with E-state index >= 15 is 0 Å². The molecule has 0 aromatic carbocycles. The monoisotopic (exact) mass is 289 g/mol. The number of hydrogen-bond donors (Lipinski definition) is 6. The molecule has 1 aromatic rings. The summed E-state index contributed by atoms with van der Waals surface area (Å²) in [6.07, 6.45) is -6.26. The quantitative estimate of drug-likeness (QED) is 0.335. The molecule has 0 radical (unpaired) electrons. The van der Waals surface area contributed by atoms with E-state index in [0.717, 1.165) is 10.9 Å². The fourth-order valence-corrected chi connectivity index (χ4v) is 2.09. The van der Waals surface area contributed by atoms with Crippen LogP contribution in [0.4, 0.5) is 0 Å². The lowest BCUT2D eigenvalue weighted by molar-refractivity contribution is -0.251. The van der Waals surface area contributed by atoms with E-state index in [1.807, 2.05) is 0 Å². The molecule has 10 heteroatoms. The highest BCUT2D eigenvalue weighted by molar-refractivity contribution is 5.93. The first-order valence-electron chi connectivity index (χ1n) is 5.74. The summed E-state index contributed by atoms with van der Waals surface area (Å²) in [6, 6.07) is 0. The topological polar surface area (TPSA) is 171 Å². The first kappa shape index (κ1) is 14.7. The predicted molar refractivity (Wildman–Crippen MR) is 61.4 cm³/mol. The summed E-state index contributed by atoms with van der Waals surface area (Å²) in [5, 5.41) is 47.7. The minimum atomic E-state index is -1.61. The summed E-state index contributed by atoms with van der Waals surface area (Å²) in [5.41, 5.74) is 4.66. The van der Waals surface area contributed by atoms with Gasteiger partial charge in [-0.3, -0.25) is 9.36 Å². The lowest BCUT2D eigenvalue weighted by atomic mass is 9.98. The fraction of sp³-hybridized carbons (Fsp3) is 0.600. The SMILES string of the molecule is NC(=O)c1c(O)ncn1[C@@H]1O[C@H](CO)[C@@H](O)[C@H](O)[C@H]1O. The number of primary amides is 1. The molecule has 1 saturated heterocycles. The Kier molecular flexibility index (Phi) is 3.92. The van der Waals surface area contributed by atoms with Crippen molar-refractivity contribution in [2.45, 2.75) is 30.6 Å². The molecule has 1 fully saturated rings. The molecule has 2 heterocycles. The summed E-state index contributed by atoms with van der Waals surface area (Å²) >= 11 is 0. The smallest absolute Gasteiger partial charge is 0.271 e. The van der Waals surface area contributed by atoms with Gasteiger partial charge in [0.1, 0.15) is 30.7 Å². The average molecular weight is 289 g/mol. The molecule has 0 saturated carbocycles. The number of rotatable bonds is 3. The van der Waals surface area contributed by atoms with Crippen molar-refractivity contribution in [3.05, 3.63) is 12.0 Å². The van der Waals surface area contributed by atoms with Crippen LogP contribution >= 0.6 is 0 Å². The molecule has 0 bridgehead atoms. The maximum Gasteiger partial charge on any atom is 0.271 e. The molecule has 2 rings (SSSR count). The Balaban J connectivity index is 2.39. The summed E-state index contributed by atoms with van der Waals surface area (Å²) in [7, 11) is 0. The third-order valence-electron chi connectivity index (χ3n) is 3.15. The van der Waals surface area contributed by atoms with Crippen LogP contribution in [0, 0.1) is 0 Å². The van der Waals surface area contributed by atoms with E-state index in [-0.39, 0.29) is 0 Å². The molecule has 0 aliphatic carbocycles. The highest BCUT2D eigenvalue weighted by Crippen LogP contribution is 2.30. The van der Waals surface area contributed by atoms with E-state index in [4.69, 9.17) is 15.6 Å².